The van der Waals surface area contributed by atoms with Crippen LogP contribution in [0, 0.1) is 0 Å². The fraction of sp³-hybridized carbons (Fsp3) is 0.182. The van der Waals surface area contributed by atoms with Gasteiger partial charge in [0, 0.05) is 29.9 Å². The second-order valence-corrected chi connectivity index (χ2v) is 3.74. The monoisotopic (exact) mass is 247 g/mol. The van der Waals surface area contributed by atoms with E-state index in [0.29, 0.717) is 35.7 Å². The smallest absolute Gasteiger partial charge is 0.251 e. The van der Waals surface area contributed by atoms with Gasteiger partial charge in [-0.05, 0) is 18.2 Å². The zero-order valence-electron chi connectivity index (χ0n) is 9.59. The number of hydrogen-bond acceptors (Lipinski definition) is 6. The van der Waals surface area contributed by atoms with Crippen LogP contribution in [-0.2, 0) is 6.42 Å². The molecule has 18 heavy (non-hydrogen) atoms. The average Bonchev–Trinajstić information content (AvgIpc) is 2.80. The van der Waals surface area contributed by atoms with E-state index in [1.807, 2.05) is 0 Å². The summed E-state index contributed by atoms with van der Waals surface area (Å²) in [6.07, 6.45) is 1.75. The van der Waals surface area contributed by atoms with E-state index in [2.05, 4.69) is 20.0 Å². The molecule has 0 aliphatic heterocycles. The number of benzene rings is 1. The molecule has 0 saturated heterocycles. The molecule has 0 radical (unpaired) electrons. The molecule has 2 aromatic rings. The van der Waals surface area contributed by atoms with Crippen molar-refractivity contribution in [1.82, 2.24) is 15.5 Å². The van der Waals surface area contributed by atoms with Crippen LogP contribution in [0.2, 0.25) is 0 Å². The Morgan fingerprint density at radius 2 is 2.00 bits per heavy atom. The molecule has 1 heterocycles. The number of carbonyl (C=O) groups excluding carboxylic acids is 1. The van der Waals surface area contributed by atoms with Gasteiger partial charge < -0.3 is 21.3 Å². The van der Waals surface area contributed by atoms with Gasteiger partial charge in [0.05, 0.1) is 0 Å². The molecule has 1 aromatic heterocycles. The maximum absolute atomic E-state index is 11.8. The molecule has 0 fully saturated rings. The van der Waals surface area contributed by atoms with Crippen LogP contribution in [0.4, 0.5) is 11.4 Å². The lowest BCUT2D eigenvalue weighted by atomic mass is 10.1. The Morgan fingerprint density at radius 1 is 1.28 bits per heavy atom. The van der Waals surface area contributed by atoms with Crippen molar-refractivity contribution >= 4 is 17.3 Å². The van der Waals surface area contributed by atoms with E-state index in [9.17, 15) is 4.79 Å². The molecule has 0 saturated carbocycles. The highest BCUT2D eigenvalue weighted by Gasteiger charge is 2.07. The van der Waals surface area contributed by atoms with Gasteiger partial charge in [0.2, 0.25) is 6.39 Å². The van der Waals surface area contributed by atoms with E-state index < -0.39 is 0 Å². The Labute approximate surface area is 103 Å². The Hall–Kier alpha value is -2.57. The summed E-state index contributed by atoms with van der Waals surface area (Å²) in [5.74, 6) is 0.305. The molecule has 0 bridgehead atoms. The number of carbonyl (C=O) groups is 1. The second kappa shape index (κ2) is 5.17. The molecular weight excluding hydrogens is 234 g/mol. The molecule has 94 valence electrons. The lowest BCUT2D eigenvalue weighted by Crippen LogP contribution is -2.26. The van der Waals surface area contributed by atoms with Crippen LogP contribution in [0.5, 0.6) is 0 Å². The zero-order valence-corrected chi connectivity index (χ0v) is 9.59. The van der Waals surface area contributed by atoms with Gasteiger partial charge in [0.15, 0.2) is 5.82 Å². The summed E-state index contributed by atoms with van der Waals surface area (Å²) in [4.78, 5) is 15.6. The first-order valence-corrected chi connectivity index (χ1v) is 5.34. The summed E-state index contributed by atoms with van der Waals surface area (Å²) in [7, 11) is 0. The van der Waals surface area contributed by atoms with Gasteiger partial charge in [-0.15, -0.1) is 0 Å². The number of aromatic nitrogens is 2. The number of anilines is 2. The van der Waals surface area contributed by atoms with Crippen molar-refractivity contribution in [2.24, 2.45) is 0 Å². The quantitative estimate of drug-likeness (QED) is 0.664. The summed E-state index contributed by atoms with van der Waals surface area (Å²) < 4.78 is 4.58. The average molecular weight is 247 g/mol. The van der Waals surface area contributed by atoms with Crippen LogP contribution in [0.15, 0.2) is 29.1 Å². The van der Waals surface area contributed by atoms with Crippen molar-refractivity contribution < 1.29 is 9.32 Å². The molecule has 1 aromatic carbocycles. The molecule has 0 unspecified atom stereocenters. The van der Waals surface area contributed by atoms with Crippen LogP contribution >= 0.6 is 0 Å². The van der Waals surface area contributed by atoms with E-state index in [0.717, 1.165) is 0 Å². The summed E-state index contributed by atoms with van der Waals surface area (Å²) in [5, 5.41) is 6.36. The Morgan fingerprint density at radius 3 is 2.61 bits per heavy atom. The fourth-order valence-corrected chi connectivity index (χ4v) is 1.50. The van der Waals surface area contributed by atoms with E-state index in [-0.39, 0.29) is 5.91 Å². The Kier molecular flexibility index (Phi) is 3.42. The van der Waals surface area contributed by atoms with E-state index in [4.69, 9.17) is 11.5 Å². The maximum atomic E-state index is 11.8. The van der Waals surface area contributed by atoms with E-state index in [1.165, 1.54) is 6.39 Å². The predicted molar refractivity (Wildman–Crippen MR) is 65.6 cm³/mol. The molecule has 7 heteroatoms. The van der Waals surface area contributed by atoms with Crippen LogP contribution in [0.1, 0.15) is 16.2 Å². The third kappa shape index (κ3) is 2.97. The molecule has 7 nitrogen and oxygen atoms in total. The summed E-state index contributed by atoms with van der Waals surface area (Å²) in [6.45, 7) is 0.410. The number of amides is 1. The lowest BCUT2D eigenvalue weighted by molar-refractivity contribution is 0.0954. The topological polar surface area (TPSA) is 120 Å². The normalized spacial score (nSPS) is 10.2. The first-order valence-electron chi connectivity index (χ1n) is 5.34. The van der Waals surface area contributed by atoms with Gasteiger partial charge in [0.25, 0.3) is 5.91 Å². The van der Waals surface area contributed by atoms with Gasteiger partial charge in [-0.25, -0.2) is 0 Å². The maximum Gasteiger partial charge on any atom is 0.251 e. The molecule has 2 rings (SSSR count). The molecule has 1 amide bonds. The summed E-state index contributed by atoms with van der Waals surface area (Å²) in [5.41, 5.74) is 12.6. The SMILES string of the molecule is Nc1cc(N)cc(C(=O)NCCc2ncon2)c1. The van der Waals surface area contributed by atoms with Gasteiger partial charge in [-0.1, -0.05) is 5.16 Å². The number of nitrogens with one attached hydrogen (secondary N) is 1. The summed E-state index contributed by atoms with van der Waals surface area (Å²) >= 11 is 0. The van der Waals surface area contributed by atoms with Crippen LogP contribution < -0.4 is 16.8 Å². The minimum Gasteiger partial charge on any atom is -0.399 e. The van der Waals surface area contributed by atoms with Gasteiger partial charge >= 0.3 is 0 Å². The predicted octanol–water partition coefficient (Wildman–Crippen LogP) is 0.206. The number of hydrogen-bond donors (Lipinski definition) is 3. The van der Waals surface area contributed by atoms with E-state index in [1.54, 1.807) is 18.2 Å². The molecule has 5 N–H and O–H groups in total. The highest BCUT2D eigenvalue weighted by atomic mass is 16.5. The number of nitrogens with two attached hydrogens (primary N) is 2. The molecule has 0 aliphatic rings. The molecular formula is C11H13N5O2. The van der Waals surface area contributed by atoms with Gasteiger partial charge in [-0.3, -0.25) is 4.79 Å². The fourth-order valence-electron chi connectivity index (χ4n) is 1.50. The highest BCUT2D eigenvalue weighted by Crippen LogP contribution is 2.13. The first kappa shape index (κ1) is 11.9. The van der Waals surface area contributed by atoms with Crippen molar-refractivity contribution in [2.75, 3.05) is 18.0 Å². The second-order valence-electron chi connectivity index (χ2n) is 3.74. The third-order valence-electron chi connectivity index (χ3n) is 2.28. The van der Waals surface area contributed by atoms with Crippen LogP contribution in [-0.4, -0.2) is 22.6 Å². The van der Waals surface area contributed by atoms with E-state index >= 15 is 0 Å². The van der Waals surface area contributed by atoms with Crippen molar-refractivity contribution in [3.63, 3.8) is 0 Å². The minimum atomic E-state index is -0.238. The third-order valence-corrected chi connectivity index (χ3v) is 2.28. The first-order chi connectivity index (χ1) is 8.65. The Bertz CT molecular complexity index is 518. The number of rotatable bonds is 4. The van der Waals surface area contributed by atoms with Crippen molar-refractivity contribution in [3.05, 3.63) is 36.0 Å². The van der Waals surface area contributed by atoms with Gasteiger partial charge in [-0.2, -0.15) is 4.98 Å². The van der Waals surface area contributed by atoms with Crippen molar-refractivity contribution in [1.29, 1.82) is 0 Å². The molecule has 0 spiro atoms. The van der Waals surface area contributed by atoms with Crippen molar-refractivity contribution in [3.8, 4) is 0 Å². The largest absolute Gasteiger partial charge is 0.399 e. The lowest BCUT2D eigenvalue weighted by Gasteiger charge is -2.05. The van der Waals surface area contributed by atoms with Gasteiger partial charge in [0.1, 0.15) is 0 Å². The van der Waals surface area contributed by atoms with Crippen LogP contribution in [0.25, 0.3) is 0 Å². The standard InChI is InChI=1S/C11H13N5O2/c12-8-3-7(4-9(13)5-8)11(17)14-2-1-10-15-6-18-16-10/h3-6H,1-2,12-13H2,(H,14,17). The van der Waals surface area contributed by atoms with Crippen LogP contribution in [0.3, 0.4) is 0 Å². The number of nitrogens with zero attached hydrogens (tertiary/aromatic N) is 2. The minimum absolute atomic E-state index is 0.238. The number of nitrogen functional groups attached to an aromatic ring is 2. The Balaban J connectivity index is 1.91. The zero-order chi connectivity index (χ0) is 13.0. The highest BCUT2D eigenvalue weighted by molar-refractivity contribution is 5.96. The molecule has 0 aliphatic carbocycles. The van der Waals surface area contributed by atoms with Crippen molar-refractivity contribution in [2.45, 2.75) is 6.42 Å². The molecule has 0 atom stereocenters. The summed E-state index contributed by atoms with van der Waals surface area (Å²) in [6, 6.07) is 4.73.